The molecule has 1 aliphatic rings. The van der Waals surface area contributed by atoms with Crippen molar-refractivity contribution in [3.05, 3.63) is 66.5 Å². The molecule has 6 nitrogen and oxygen atoms in total. The second-order valence-corrected chi connectivity index (χ2v) is 9.25. The summed E-state index contributed by atoms with van der Waals surface area (Å²) in [5, 5.41) is 0. The number of allylic oxidation sites excluding steroid dienone is 1. The van der Waals surface area contributed by atoms with E-state index in [0.717, 1.165) is 22.4 Å². The van der Waals surface area contributed by atoms with Gasteiger partial charge in [0.15, 0.2) is 5.78 Å². The Morgan fingerprint density at radius 1 is 1.24 bits per heavy atom. The molecule has 0 saturated heterocycles. The van der Waals surface area contributed by atoms with Crippen molar-refractivity contribution in [2.75, 3.05) is 6.61 Å². The first kappa shape index (κ1) is 21.0. The molecule has 0 radical (unpaired) electrons. The number of carbonyl (C=O) groups excluding carboxylic acids is 2. The molecule has 1 aromatic carbocycles. The average Bonchev–Trinajstić information content (AvgIpc) is 3.37. The molecule has 0 amide bonds. The largest absolute Gasteiger partial charge is 0.465 e. The number of aromatic nitrogens is 1. The van der Waals surface area contributed by atoms with E-state index in [-0.39, 0.29) is 23.0 Å². The second-order valence-electron chi connectivity index (χ2n) is 7.40. The molecule has 1 aromatic heterocycles. The molecule has 1 heterocycles. The summed E-state index contributed by atoms with van der Waals surface area (Å²) in [7, 11) is -3.83. The van der Waals surface area contributed by atoms with Crippen LogP contribution in [0.15, 0.2) is 65.8 Å². The van der Waals surface area contributed by atoms with E-state index in [2.05, 4.69) is 6.58 Å². The highest BCUT2D eigenvalue weighted by atomic mass is 32.2. The number of carbonyl (C=O) groups is 2. The quantitative estimate of drug-likeness (QED) is 0.297. The minimum absolute atomic E-state index is 0.118. The molecule has 2 atom stereocenters. The molecule has 2 aromatic rings. The first-order valence-electron chi connectivity index (χ1n) is 9.61. The van der Waals surface area contributed by atoms with Crippen molar-refractivity contribution in [2.24, 2.45) is 11.3 Å². The molecule has 0 aliphatic heterocycles. The maximum atomic E-state index is 13.4. The Kier molecular flexibility index (Phi) is 5.80. The van der Waals surface area contributed by atoms with Crippen molar-refractivity contribution in [1.82, 2.24) is 3.97 Å². The molecular weight excluding hydrogens is 390 g/mol. The molecule has 1 aliphatic carbocycles. The van der Waals surface area contributed by atoms with Gasteiger partial charge >= 0.3 is 5.97 Å². The van der Waals surface area contributed by atoms with Gasteiger partial charge in [0.25, 0.3) is 10.0 Å². The number of esters is 1. The Morgan fingerprint density at radius 3 is 2.52 bits per heavy atom. The van der Waals surface area contributed by atoms with Gasteiger partial charge in [0.05, 0.1) is 11.5 Å². The Hall–Kier alpha value is -2.67. The zero-order valence-corrected chi connectivity index (χ0v) is 17.4. The number of hydrogen-bond donors (Lipinski definition) is 0. The van der Waals surface area contributed by atoms with E-state index in [4.69, 9.17) is 4.74 Å². The third-order valence-corrected chi connectivity index (χ3v) is 7.25. The van der Waals surface area contributed by atoms with Crippen molar-refractivity contribution in [2.45, 2.75) is 38.0 Å². The average molecular weight is 416 g/mol. The lowest BCUT2D eigenvalue weighted by atomic mass is 9.70. The summed E-state index contributed by atoms with van der Waals surface area (Å²) in [5.74, 6) is -1.38. The normalized spacial score (nSPS) is 19.0. The van der Waals surface area contributed by atoms with Gasteiger partial charge in [-0.1, -0.05) is 30.4 Å². The van der Waals surface area contributed by atoms with Crippen LogP contribution in [0.3, 0.4) is 0 Å². The van der Waals surface area contributed by atoms with Crippen LogP contribution in [-0.4, -0.2) is 30.7 Å². The minimum Gasteiger partial charge on any atom is -0.465 e. The van der Waals surface area contributed by atoms with Gasteiger partial charge in [-0.15, -0.1) is 0 Å². The zero-order valence-electron chi connectivity index (χ0n) is 16.6. The fraction of sp³-hybridized carbons (Fsp3) is 0.364. The van der Waals surface area contributed by atoms with Crippen LogP contribution in [0.4, 0.5) is 0 Å². The maximum absolute atomic E-state index is 13.4. The van der Waals surface area contributed by atoms with Gasteiger partial charge < -0.3 is 4.74 Å². The van der Waals surface area contributed by atoms with Crippen molar-refractivity contribution in [3.63, 3.8) is 0 Å². The van der Waals surface area contributed by atoms with Gasteiger partial charge in [0, 0.05) is 23.9 Å². The lowest BCUT2D eigenvalue weighted by molar-refractivity contribution is -0.153. The van der Waals surface area contributed by atoms with Crippen LogP contribution in [0.5, 0.6) is 0 Å². The van der Waals surface area contributed by atoms with Crippen molar-refractivity contribution in [1.29, 1.82) is 0 Å². The van der Waals surface area contributed by atoms with Crippen LogP contribution in [0.25, 0.3) is 0 Å². The predicted octanol–water partition coefficient (Wildman–Crippen LogP) is 3.83. The van der Waals surface area contributed by atoms with E-state index in [1.54, 1.807) is 32.0 Å². The molecule has 2 unspecified atom stereocenters. The van der Waals surface area contributed by atoms with Crippen molar-refractivity contribution < 1.29 is 22.7 Å². The van der Waals surface area contributed by atoms with E-state index in [1.807, 2.05) is 0 Å². The van der Waals surface area contributed by atoms with Gasteiger partial charge in [-0.05, 0) is 51.3 Å². The first-order valence-corrected chi connectivity index (χ1v) is 11.0. The van der Waals surface area contributed by atoms with Crippen LogP contribution in [-0.2, 0) is 19.6 Å². The minimum atomic E-state index is -3.83. The highest BCUT2D eigenvalue weighted by Gasteiger charge is 2.51. The van der Waals surface area contributed by atoms with Gasteiger partial charge in [-0.2, -0.15) is 0 Å². The maximum Gasteiger partial charge on any atom is 0.320 e. The summed E-state index contributed by atoms with van der Waals surface area (Å²) in [6.45, 7) is 7.47. The molecule has 7 heteroatoms. The summed E-state index contributed by atoms with van der Waals surface area (Å²) in [6, 6.07) is 9.39. The van der Waals surface area contributed by atoms with Crippen LogP contribution < -0.4 is 0 Å². The Labute approximate surface area is 171 Å². The zero-order chi connectivity index (χ0) is 21.2. The standard InChI is InChI=1S/C22H25NO5S/c1-4-28-21(25)22(3,19-12-8-9-16(19)2)20(24)17-13-14-23(15-17)29(26,27)18-10-6-5-7-11-18/h5-7,10-11,13-15,19H,2,4,8-9,12H2,1,3H3. The molecule has 0 bridgehead atoms. The Bertz CT molecular complexity index is 1040. The molecule has 29 heavy (non-hydrogen) atoms. The van der Waals surface area contributed by atoms with Crippen LogP contribution >= 0.6 is 0 Å². The lowest BCUT2D eigenvalue weighted by Gasteiger charge is -2.32. The number of nitrogens with zero attached hydrogens (tertiary/aromatic N) is 1. The van der Waals surface area contributed by atoms with Gasteiger partial charge in [-0.3, -0.25) is 9.59 Å². The second kappa shape index (κ2) is 7.99. The summed E-state index contributed by atoms with van der Waals surface area (Å²) < 4.78 is 31.9. The number of benzene rings is 1. The SMILES string of the molecule is C=C1CCCC1C(C)(C(=O)OCC)C(=O)c1ccn(S(=O)(=O)c2ccccc2)c1. The van der Waals surface area contributed by atoms with Crippen LogP contribution in [0, 0.1) is 11.3 Å². The molecule has 0 N–H and O–H groups in total. The number of ether oxygens (including phenoxy) is 1. The third kappa shape index (κ3) is 3.67. The number of hydrogen-bond acceptors (Lipinski definition) is 5. The molecule has 154 valence electrons. The summed E-state index contributed by atoms with van der Waals surface area (Å²) in [6.07, 6.45) is 4.87. The highest BCUT2D eigenvalue weighted by Crippen LogP contribution is 2.45. The number of Topliss-reactive ketones (excluding diaryl/α,β-unsaturated/α-hetero) is 1. The smallest absolute Gasteiger partial charge is 0.320 e. The molecular formula is C22H25NO5S. The van der Waals surface area contributed by atoms with Gasteiger partial charge in [-0.25, -0.2) is 12.4 Å². The number of rotatable bonds is 7. The lowest BCUT2D eigenvalue weighted by Crippen LogP contribution is -2.44. The number of ketones is 1. The fourth-order valence-electron chi connectivity index (χ4n) is 3.96. The van der Waals surface area contributed by atoms with Crippen molar-refractivity contribution >= 4 is 21.8 Å². The molecule has 0 spiro atoms. The molecule has 1 saturated carbocycles. The first-order chi connectivity index (χ1) is 13.7. The highest BCUT2D eigenvalue weighted by molar-refractivity contribution is 7.90. The molecule has 3 rings (SSSR count). The van der Waals surface area contributed by atoms with Crippen LogP contribution in [0.2, 0.25) is 0 Å². The Balaban J connectivity index is 2.00. The van der Waals surface area contributed by atoms with E-state index in [0.29, 0.717) is 6.42 Å². The van der Waals surface area contributed by atoms with E-state index in [1.165, 1.54) is 30.6 Å². The third-order valence-electron chi connectivity index (χ3n) is 5.60. The van der Waals surface area contributed by atoms with E-state index >= 15 is 0 Å². The van der Waals surface area contributed by atoms with Crippen molar-refractivity contribution in [3.8, 4) is 0 Å². The van der Waals surface area contributed by atoms with Crippen LogP contribution in [0.1, 0.15) is 43.5 Å². The summed E-state index contributed by atoms with van der Waals surface area (Å²) in [4.78, 5) is 26.4. The predicted molar refractivity (Wildman–Crippen MR) is 109 cm³/mol. The fourth-order valence-corrected chi connectivity index (χ4v) is 5.18. The Morgan fingerprint density at radius 2 is 1.93 bits per heavy atom. The molecule has 1 fully saturated rings. The van der Waals surface area contributed by atoms with Gasteiger partial charge in [0.1, 0.15) is 5.41 Å². The monoisotopic (exact) mass is 415 g/mol. The summed E-state index contributed by atoms with van der Waals surface area (Å²) in [5.41, 5.74) is -0.434. The van der Waals surface area contributed by atoms with E-state index in [9.17, 15) is 18.0 Å². The summed E-state index contributed by atoms with van der Waals surface area (Å²) >= 11 is 0. The van der Waals surface area contributed by atoms with Gasteiger partial charge in [0.2, 0.25) is 0 Å². The van der Waals surface area contributed by atoms with E-state index < -0.39 is 27.2 Å². The topological polar surface area (TPSA) is 82.4 Å².